The van der Waals surface area contributed by atoms with Crippen molar-refractivity contribution in [1.82, 2.24) is 44.4 Å². The number of pyridine rings is 3. The van der Waals surface area contributed by atoms with Gasteiger partial charge in [0.2, 0.25) is 5.82 Å². The molecular formula is C73H51N11+. The van der Waals surface area contributed by atoms with Gasteiger partial charge in [-0.1, -0.05) is 156 Å². The van der Waals surface area contributed by atoms with Crippen molar-refractivity contribution in [3.63, 3.8) is 0 Å². The summed E-state index contributed by atoms with van der Waals surface area (Å²) in [4.78, 5) is 22.2. The van der Waals surface area contributed by atoms with Crippen molar-refractivity contribution in [3.05, 3.63) is 283 Å². The summed E-state index contributed by atoms with van der Waals surface area (Å²) in [6.07, 6.45) is 13.7. The number of para-hydroxylation sites is 4. The maximum atomic E-state index is 5.90. The maximum Gasteiger partial charge on any atom is 0.291 e. The van der Waals surface area contributed by atoms with E-state index in [0.29, 0.717) is 6.54 Å². The summed E-state index contributed by atoms with van der Waals surface area (Å²) in [6, 6.07) is 78.3. The predicted molar refractivity (Wildman–Crippen MR) is 340 cm³/mol. The van der Waals surface area contributed by atoms with Crippen molar-refractivity contribution in [3.8, 4) is 22.4 Å². The first-order chi connectivity index (χ1) is 41.7. The first kappa shape index (κ1) is 46.9. The van der Waals surface area contributed by atoms with Gasteiger partial charge in [-0.15, -0.1) is 5.10 Å². The van der Waals surface area contributed by atoms with E-state index in [0.717, 1.165) is 146 Å². The second-order valence-corrected chi connectivity index (χ2v) is 22.3. The summed E-state index contributed by atoms with van der Waals surface area (Å²) in [5, 5.41) is 23.0. The van der Waals surface area contributed by atoms with Crippen molar-refractivity contribution in [2.75, 3.05) is 16.5 Å². The monoisotopic (exact) mass is 1080 g/mol. The number of quaternary nitrogens is 1. The number of fused-ring (bicyclic) bond motifs is 9. The van der Waals surface area contributed by atoms with E-state index in [1.54, 1.807) is 0 Å². The van der Waals surface area contributed by atoms with Gasteiger partial charge in [0, 0.05) is 98.8 Å². The Bertz CT molecular complexity index is 5190. The molecule has 15 aromatic rings. The molecule has 0 aliphatic carbocycles. The minimum Gasteiger partial charge on any atom is -0.343 e. The number of benzene rings is 8. The van der Waals surface area contributed by atoms with Gasteiger partial charge < -0.3 is 24.6 Å². The number of anilines is 3. The van der Waals surface area contributed by atoms with Crippen molar-refractivity contribution in [1.29, 1.82) is 0 Å². The summed E-state index contributed by atoms with van der Waals surface area (Å²) < 4.78 is 2.13. The lowest BCUT2D eigenvalue weighted by molar-refractivity contribution is 0.487. The van der Waals surface area contributed by atoms with Crippen LogP contribution < -0.4 is 19.8 Å². The lowest BCUT2D eigenvalue weighted by Gasteiger charge is -2.46. The topological polar surface area (TPSA) is 109 Å². The normalized spacial score (nSPS) is 16.6. The van der Waals surface area contributed by atoms with Gasteiger partial charge in [-0.25, -0.2) is 4.98 Å². The highest BCUT2D eigenvalue weighted by Gasteiger charge is 2.58. The third-order valence-corrected chi connectivity index (χ3v) is 17.9. The van der Waals surface area contributed by atoms with Crippen LogP contribution in [-0.2, 0) is 13.0 Å². The molecule has 0 saturated heterocycles. The number of hydrogen-bond acceptors (Lipinski definition) is 6. The molecule has 397 valence electrons. The summed E-state index contributed by atoms with van der Waals surface area (Å²) >= 11 is 0. The van der Waals surface area contributed by atoms with Crippen LogP contribution in [-0.4, -0.2) is 41.1 Å². The van der Waals surface area contributed by atoms with Crippen LogP contribution in [0.4, 0.5) is 34.5 Å². The van der Waals surface area contributed by atoms with Crippen LogP contribution in [0, 0.1) is 6.20 Å². The van der Waals surface area contributed by atoms with E-state index in [4.69, 9.17) is 15.1 Å². The van der Waals surface area contributed by atoms with Crippen LogP contribution in [0.3, 0.4) is 0 Å². The van der Waals surface area contributed by atoms with Crippen LogP contribution in [0.1, 0.15) is 39.6 Å². The van der Waals surface area contributed by atoms with Crippen LogP contribution >= 0.6 is 0 Å². The molecule has 0 spiro atoms. The number of aromatic amines is 3. The average Bonchev–Trinajstić information content (AvgIpc) is 1.16. The second kappa shape index (κ2) is 18.1. The highest BCUT2D eigenvalue weighted by molar-refractivity contribution is 6.16. The number of rotatable bonds is 8. The fraction of sp³-hybridized carbons (Fsp3) is 0.0548. The van der Waals surface area contributed by atoms with Gasteiger partial charge in [-0.3, -0.25) is 10.1 Å². The molecular weight excluding hydrogens is 1030 g/mol. The Labute approximate surface area is 482 Å². The molecule has 0 amide bonds. The van der Waals surface area contributed by atoms with E-state index >= 15 is 0 Å². The lowest BCUT2D eigenvalue weighted by atomic mass is 9.78. The molecule has 8 aromatic carbocycles. The van der Waals surface area contributed by atoms with Gasteiger partial charge in [-0.05, 0) is 89.2 Å². The predicted octanol–water partition coefficient (Wildman–Crippen LogP) is 16.7. The van der Waals surface area contributed by atoms with Crippen molar-refractivity contribution >= 4 is 99.9 Å². The molecule has 84 heavy (non-hydrogen) atoms. The summed E-state index contributed by atoms with van der Waals surface area (Å²) in [7, 11) is 0. The van der Waals surface area contributed by atoms with E-state index in [1.165, 1.54) is 22.4 Å². The van der Waals surface area contributed by atoms with Gasteiger partial charge in [0.15, 0.2) is 11.5 Å². The molecule has 1 radical (unpaired) electrons. The Morgan fingerprint density at radius 2 is 1.35 bits per heavy atom. The SMILES string of the molecule is [C]1=C(c2nccc3ccccc23)c2c(-c3ccc4ccccc4n3)c(C3NCc4ccccc43)c(N3CCc4ccccc43)c(-c3ccn4ccccc34)c2[N+](c2cc3ccccc3[nH]2)(c2n[nH]c3ccccc23)N1c1[nH]cc2ccccc12. The third-order valence-electron chi connectivity index (χ3n) is 17.9. The van der Waals surface area contributed by atoms with Gasteiger partial charge in [0.05, 0.1) is 61.7 Å². The van der Waals surface area contributed by atoms with E-state index in [-0.39, 0.29) is 10.6 Å². The number of hydrogen-bond donors (Lipinski definition) is 4. The zero-order valence-electron chi connectivity index (χ0n) is 45.4. The minimum absolute atomic E-state index is 0.135. The molecule has 11 nitrogen and oxygen atoms in total. The minimum atomic E-state index is -0.307. The third kappa shape index (κ3) is 6.67. The van der Waals surface area contributed by atoms with Crippen LogP contribution in [0.25, 0.3) is 87.7 Å². The van der Waals surface area contributed by atoms with Crippen molar-refractivity contribution in [2.24, 2.45) is 0 Å². The number of aromatic nitrogens is 7. The Morgan fingerprint density at radius 3 is 2.25 bits per heavy atom. The lowest BCUT2D eigenvalue weighted by Crippen LogP contribution is -2.56. The van der Waals surface area contributed by atoms with E-state index in [1.807, 2.05) is 6.20 Å². The number of nitrogens with zero attached hydrogens (tertiary/aromatic N) is 7. The Kier molecular flexibility index (Phi) is 10.1. The summed E-state index contributed by atoms with van der Waals surface area (Å²) in [5.41, 5.74) is 18.3. The molecule has 2 atom stereocenters. The molecule has 3 aliphatic rings. The quantitative estimate of drug-likeness (QED) is 0.113. The summed E-state index contributed by atoms with van der Waals surface area (Å²) in [5.74, 6) is 2.40. The Morgan fingerprint density at radius 1 is 0.595 bits per heavy atom. The first-order valence-corrected chi connectivity index (χ1v) is 28.8. The fourth-order valence-corrected chi connectivity index (χ4v) is 14.2. The fourth-order valence-electron chi connectivity index (χ4n) is 14.2. The zero-order chi connectivity index (χ0) is 55.0. The van der Waals surface area contributed by atoms with Gasteiger partial charge >= 0.3 is 0 Å². The average molecular weight is 1080 g/mol. The van der Waals surface area contributed by atoms with Gasteiger partial charge in [-0.2, -0.15) is 5.01 Å². The summed E-state index contributed by atoms with van der Waals surface area (Å²) in [6.45, 7) is 1.41. The first-order valence-electron chi connectivity index (χ1n) is 28.8. The van der Waals surface area contributed by atoms with Crippen LogP contribution in [0.15, 0.2) is 243 Å². The molecule has 2 unspecified atom stereocenters. The zero-order valence-corrected chi connectivity index (χ0v) is 45.4. The van der Waals surface area contributed by atoms with Crippen molar-refractivity contribution in [2.45, 2.75) is 19.0 Å². The molecule has 3 aliphatic heterocycles. The Balaban J connectivity index is 1.17. The standard InChI is InChI=1S/C73H51N11/c1-7-23-51-45(17-1)34-37-74-68(51)56-44-83(72-53-25-9-3-22-50(53)43-76-72)84(63-41-48-20-5-12-28-58(48)78-63,73-54-26-10-13-29-59(54)79-80-73)71-64(56)66(60-33-32-46-18-4-11-27-57(46)77-60)67(69-52-24-8-2-21-49(52)42-75-69)70(82-40-35-47-19-6-14-30-61(47)82)65(71)55-36-39-81-38-16-15-31-62(55)81/h1-34,36-39,41,43,69,75-76,78H,35,40,42H2,(H,79,80)/q+1. The van der Waals surface area contributed by atoms with E-state index in [9.17, 15) is 0 Å². The Hall–Kier alpha value is -10.9. The molecule has 4 N–H and O–H groups in total. The van der Waals surface area contributed by atoms with Gasteiger partial charge in [0.25, 0.3) is 5.82 Å². The maximum absolute atomic E-state index is 5.90. The molecule has 0 saturated carbocycles. The highest BCUT2D eigenvalue weighted by Crippen LogP contribution is 2.65. The van der Waals surface area contributed by atoms with Crippen LogP contribution in [0.2, 0.25) is 0 Å². The molecule has 10 heterocycles. The second-order valence-electron chi connectivity index (χ2n) is 22.3. The van der Waals surface area contributed by atoms with Crippen molar-refractivity contribution < 1.29 is 0 Å². The van der Waals surface area contributed by atoms with Gasteiger partial charge in [0.1, 0.15) is 6.20 Å². The smallest absolute Gasteiger partial charge is 0.291 e. The molecule has 0 fully saturated rings. The van der Waals surface area contributed by atoms with Crippen LogP contribution in [0.5, 0.6) is 0 Å². The highest BCUT2D eigenvalue weighted by atomic mass is 15.8. The van der Waals surface area contributed by atoms with E-state index in [2.05, 4.69) is 278 Å². The molecule has 0 bridgehead atoms. The molecule has 11 heteroatoms. The van der Waals surface area contributed by atoms with E-state index < -0.39 is 0 Å². The number of nitrogens with one attached hydrogen (secondary N) is 4. The largest absolute Gasteiger partial charge is 0.343 e. The number of H-pyrrole nitrogens is 3. The molecule has 7 aromatic heterocycles. The molecule has 18 rings (SSSR count).